The van der Waals surface area contributed by atoms with E-state index >= 15 is 0 Å². The fourth-order valence-electron chi connectivity index (χ4n) is 1.73. The van der Waals surface area contributed by atoms with Gasteiger partial charge >= 0.3 is 0 Å². The maximum atomic E-state index is 5.11. The fraction of sp³-hybridized carbons (Fsp3) is 0.571. The van der Waals surface area contributed by atoms with Gasteiger partial charge in [-0.05, 0) is 37.7 Å². The number of hydrogen-bond acceptors (Lipinski definition) is 3. The first kappa shape index (κ1) is 14.0. The molecular weight excluding hydrogens is 212 g/mol. The predicted octanol–water partition coefficient (Wildman–Crippen LogP) is 2.44. The molecule has 1 unspecified atom stereocenters. The van der Waals surface area contributed by atoms with Gasteiger partial charge in [0, 0.05) is 25.9 Å². The Morgan fingerprint density at radius 3 is 2.41 bits per heavy atom. The lowest BCUT2D eigenvalue weighted by Crippen LogP contribution is -2.15. The highest BCUT2D eigenvalue weighted by molar-refractivity contribution is 5.44. The average Bonchev–Trinajstić information content (AvgIpc) is 2.28. The van der Waals surface area contributed by atoms with Crippen LogP contribution in [-0.2, 0) is 11.3 Å². The Bertz CT molecular complexity index is 309. The van der Waals surface area contributed by atoms with E-state index < -0.39 is 0 Å². The first-order valence-corrected chi connectivity index (χ1v) is 6.08. The molecule has 0 heterocycles. The first-order valence-electron chi connectivity index (χ1n) is 6.08. The van der Waals surface area contributed by atoms with Crippen LogP contribution in [0.25, 0.3) is 0 Å². The molecule has 1 N–H and O–H groups in total. The van der Waals surface area contributed by atoms with Crippen molar-refractivity contribution in [1.82, 2.24) is 4.90 Å². The van der Waals surface area contributed by atoms with E-state index in [0.29, 0.717) is 5.92 Å². The van der Waals surface area contributed by atoms with Gasteiger partial charge in [-0.15, -0.1) is 0 Å². The molecule has 0 saturated heterocycles. The molecule has 0 aliphatic rings. The molecule has 0 aliphatic carbocycles. The van der Waals surface area contributed by atoms with Crippen LogP contribution in [0.1, 0.15) is 12.5 Å². The molecule has 0 radical (unpaired) electrons. The average molecular weight is 236 g/mol. The Morgan fingerprint density at radius 2 is 1.88 bits per heavy atom. The normalized spacial score (nSPS) is 12.8. The van der Waals surface area contributed by atoms with Crippen molar-refractivity contribution in [2.24, 2.45) is 5.92 Å². The number of anilines is 1. The molecule has 0 bridgehead atoms. The molecule has 0 aromatic heterocycles. The Balaban J connectivity index is 2.40. The van der Waals surface area contributed by atoms with E-state index in [1.165, 1.54) is 11.3 Å². The number of benzene rings is 1. The van der Waals surface area contributed by atoms with Gasteiger partial charge in [-0.1, -0.05) is 19.1 Å². The summed E-state index contributed by atoms with van der Waals surface area (Å²) in [4.78, 5) is 2.17. The third-order valence-electron chi connectivity index (χ3n) is 2.56. The second-order valence-electron chi connectivity index (χ2n) is 4.88. The Kier molecular flexibility index (Phi) is 6.01. The highest BCUT2D eigenvalue weighted by Gasteiger charge is 2.01. The van der Waals surface area contributed by atoms with Gasteiger partial charge in [0.25, 0.3) is 0 Å². The summed E-state index contributed by atoms with van der Waals surface area (Å²) in [5, 5.41) is 3.42. The molecule has 1 aromatic carbocycles. The van der Waals surface area contributed by atoms with Crippen LogP contribution in [0.3, 0.4) is 0 Å². The molecule has 0 spiro atoms. The molecule has 0 saturated carbocycles. The van der Waals surface area contributed by atoms with E-state index in [4.69, 9.17) is 4.74 Å². The van der Waals surface area contributed by atoms with Crippen molar-refractivity contribution in [2.75, 3.05) is 39.7 Å². The second kappa shape index (κ2) is 7.30. The molecule has 96 valence electrons. The van der Waals surface area contributed by atoms with Gasteiger partial charge in [-0.25, -0.2) is 0 Å². The number of rotatable bonds is 7. The van der Waals surface area contributed by atoms with Gasteiger partial charge in [0.1, 0.15) is 0 Å². The minimum atomic E-state index is 0.529. The largest absolute Gasteiger partial charge is 0.385 e. The zero-order chi connectivity index (χ0) is 12.7. The Labute approximate surface area is 105 Å². The van der Waals surface area contributed by atoms with Gasteiger partial charge in [-0.2, -0.15) is 0 Å². The van der Waals surface area contributed by atoms with Crippen LogP contribution in [0.15, 0.2) is 24.3 Å². The second-order valence-corrected chi connectivity index (χ2v) is 4.88. The standard InChI is InChI=1S/C14H24N2O/c1-12(11-17-4)9-15-14-7-5-13(6-8-14)10-16(2)3/h5-8,12,15H,9-11H2,1-4H3. The quantitative estimate of drug-likeness (QED) is 0.787. The van der Waals surface area contributed by atoms with Crippen LogP contribution in [0.2, 0.25) is 0 Å². The third-order valence-corrected chi connectivity index (χ3v) is 2.56. The lowest BCUT2D eigenvalue weighted by molar-refractivity contribution is 0.164. The van der Waals surface area contributed by atoms with Crippen LogP contribution in [0.4, 0.5) is 5.69 Å². The van der Waals surface area contributed by atoms with Crippen LogP contribution >= 0.6 is 0 Å². The van der Waals surface area contributed by atoms with E-state index in [1.54, 1.807) is 7.11 Å². The van der Waals surface area contributed by atoms with E-state index in [-0.39, 0.29) is 0 Å². The first-order chi connectivity index (χ1) is 8.11. The number of nitrogens with one attached hydrogen (secondary N) is 1. The number of methoxy groups -OCH3 is 1. The summed E-state index contributed by atoms with van der Waals surface area (Å²) in [5.41, 5.74) is 2.51. The van der Waals surface area contributed by atoms with Crippen molar-refractivity contribution in [3.8, 4) is 0 Å². The summed E-state index contributed by atoms with van der Waals surface area (Å²) in [6, 6.07) is 8.61. The van der Waals surface area contributed by atoms with Crippen molar-refractivity contribution in [1.29, 1.82) is 0 Å². The zero-order valence-electron chi connectivity index (χ0n) is 11.4. The molecule has 1 aromatic rings. The van der Waals surface area contributed by atoms with Crippen LogP contribution in [0.5, 0.6) is 0 Å². The van der Waals surface area contributed by atoms with E-state index in [1.807, 2.05) is 0 Å². The van der Waals surface area contributed by atoms with Crippen LogP contribution in [0, 0.1) is 5.92 Å². The van der Waals surface area contributed by atoms with Gasteiger partial charge in [0.05, 0.1) is 6.61 Å². The monoisotopic (exact) mass is 236 g/mol. The maximum Gasteiger partial charge on any atom is 0.0504 e. The van der Waals surface area contributed by atoms with Crippen LogP contribution in [-0.4, -0.2) is 39.3 Å². The summed E-state index contributed by atoms with van der Waals surface area (Å²) in [6.07, 6.45) is 0. The molecule has 1 atom stereocenters. The molecule has 0 aliphatic heterocycles. The highest BCUT2D eigenvalue weighted by atomic mass is 16.5. The number of nitrogens with zero attached hydrogens (tertiary/aromatic N) is 1. The van der Waals surface area contributed by atoms with E-state index in [2.05, 4.69) is 55.5 Å². The summed E-state index contributed by atoms with van der Waals surface area (Å²) in [7, 11) is 5.91. The number of ether oxygens (including phenoxy) is 1. The molecule has 0 amide bonds. The molecule has 0 fully saturated rings. The summed E-state index contributed by atoms with van der Waals surface area (Å²) in [5.74, 6) is 0.529. The fourth-order valence-corrected chi connectivity index (χ4v) is 1.73. The van der Waals surface area contributed by atoms with Crippen molar-refractivity contribution in [2.45, 2.75) is 13.5 Å². The summed E-state index contributed by atoms with van der Waals surface area (Å²) >= 11 is 0. The lowest BCUT2D eigenvalue weighted by Gasteiger charge is -2.14. The third kappa shape index (κ3) is 5.71. The van der Waals surface area contributed by atoms with Gasteiger partial charge in [-0.3, -0.25) is 0 Å². The van der Waals surface area contributed by atoms with Gasteiger partial charge < -0.3 is 15.0 Å². The minimum Gasteiger partial charge on any atom is -0.385 e. The van der Waals surface area contributed by atoms with Crippen molar-refractivity contribution in [3.63, 3.8) is 0 Å². The Hall–Kier alpha value is -1.06. The van der Waals surface area contributed by atoms with Crippen molar-refractivity contribution < 1.29 is 4.74 Å². The molecule has 3 heteroatoms. The molecule has 17 heavy (non-hydrogen) atoms. The maximum absolute atomic E-state index is 5.11. The summed E-state index contributed by atoms with van der Waals surface area (Å²) in [6.45, 7) is 4.91. The highest BCUT2D eigenvalue weighted by Crippen LogP contribution is 2.11. The summed E-state index contributed by atoms with van der Waals surface area (Å²) < 4.78 is 5.11. The van der Waals surface area contributed by atoms with E-state index in [9.17, 15) is 0 Å². The van der Waals surface area contributed by atoms with Gasteiger partial charge in [0.2, 0.25) is 0 Å². The van der Waals surface area contributed by atoms with Gasteiger partial charge in [0.15, 0.2) is 0 Å². The Morgan fingerprint density at radius 1 is 1.24 bits per heavy atom. The smallest absolute Gasteiger partial charge is 0.0504 e. The van der Waals surface area contributed by atoms with E-state index in [0.717, 1.165) is 19.7 Å². The van der Waals surface area contributed by atoms with Crippen LogP contribution < -0.4 is 5.32 Å². The minimum absolute atomic E-state index is 0.529. The molecule has 1 rings (SSSR count). The number of hydrogen-bond donors (Lipinski definition) is 1. The molecule has 3 nitrogen and oxygen atoms in total. The lowest BCUT2D eigenvalue weighted by atomic mass is 10.1. The molecular formula is C14H24N2O. The van der Waals surface area contributed by atoms with Crippen molar-refractivity contribution >= 4 is 5.69 Å². The zero-order valence-corrected chi connectivity index (χ0v) is 11.4. The topological polar surface area (TPSA) is 24.5 Å². The SMILES string of the molecule is COCC(C)CNc1ccc(CN(C)C)cc1. The predicted molar refractivity (Wildman–Crippen MR) is 73.4 cm³/mol. The van der Waals surface area contributed by atoms with Crippen molar-refractivity contribution in [3.05, 3.63) is 29.8 Å².